The van der Waals surface area contributed by atoms with E-state index in [2.05, 4.69) is 5.32 Å². The molecule has 26 heavy (non-hydrogen) atoms. The third-order valence-corrected chi connectivity index (χ3v) is 5.18. The maximum atomic E-state index is 13.3. The van der Waals surface area contributed by atoms with Gasteiger partial charge in [-0.2, -0.15) is 0 Å². The van der Waals surface area contributed by atoms with Crippen LogP contribution in [-0.2, 0) is 17.7 Å². The number of hydrogen-bond acceptors (Lipinski definition) is 5. The number of hydrogen-bond donors (Lipinski definition) is 2. The van der Waals surface area contributed by atoms with Gasteiger partial charge in [0.05, 0.1) is 19.2 Å². The molecular weight excluding hydrogens is 361 g/mol. The van der Waals surface area contributed by atoms with Crippen LogP contribution in [0.15, 0.2) is 24.3 Å². The van der Waals surface area contributed by atoms with Crippen LogP contribution >= 0.6 is 11.3 Å². The number of nitrogens with two attached hydrogens (primary N) is 1. The minimum absolute atomic E-state index is 0.128. The van der Waals surface area contributed by atoms with Gasteiger partial charge in [-0.3, -0.25) is 9.59 Å². The molecule has 1 aromatic carbocycles. The average Bonchev–Trinajstić information content (AvgIpc) is 2.97. The van der Waals surface area contributed by atoms with Gasteiger partial charge in [-0.1, -0.05) is 6.07 Å². The number of carbonyl (C=O) groups is 3. The number of ether oxygens (including phenoxy) is 1. The fourth-order valence-corrected chi connectivity index (χ4v) is 4.11. The summed E-state index contributed by atoms with van der Waals surface area (Å²) >= 11 is 1.17. The molecule has 0 saturated heterocycles. The highest BCUT2D eigenvalue weighted by Gasteiger charge is 2.29. The van der Waals surface area contributed by atoms with E-state index >= 15 is 0 Å². The molecule has 2 aromatic rings. The number of amides is 3. The zero-order valence-electron chi connectivity index (χ0n) is 13.9. The Bertz CT molecular complexity index is 896. The molecule has 0 saturated carbocycles. The van der Waals surface area contributed by atoms with Crippen molar-refractivity contribution in [2.24, 2.45) is 5.73 Å². The first-order valence-corrected chi connectivity index (χ1v) is 8.56. The van der Waals surface area contributed by atoms with Gasteiger partial charge in [0.25, 0.3) is 11.8 Å². The summed E-state index contributed by atoms with van der Waals surface area (Å²) in [5.74, 6) is -1.74. The van der Waals surface area contributed by atoms with Crippen LogP contribution in [0, 0.1) is 5.82 Å². The van der Waals surface area contributed by atoms with Crippen molar-refractivity contribution in [3.63, 3.8) is 0 Å². The Morgan fingerprint density at radius 2 is 2.12 bits per heavy atom. The lowest BCUT2D eigenvalue weighted by Crippen LogP contribution is -2.35. The molecule has 3 rings (SSSR count). The standard InChI is InChI=1S/C17H16FN3O4S/c1-25-17(24)21-6-5-11-12(8-21)26-16(13(11)14(19)22)20-15(23)9-3-2-4-10(18)7-9/h2-4,7H,5-6,8H2,1H3,(H2,19,22)(H,20,23). The van der Waals surface area contributed by atoms with Gasteiger partial charge >= 0.3 is 6.09 Å². The Labute approximate surface area is 152 Å². The largest absolute Gasteiger partial charge is 0.453 e. The van der Waals surface area contributed by atoms with Gasteiger partial charge in [-0.05, 0) is 30.2 Å². The Balaban J connectivity index is 1.91. The van der Waals surface area contributed by atoms with Crippen molar-refractivity contribution in [1.82, 2.24) is 4.90 Å². The molecule has 0 bridgehead atoms. The molecule has 0 unspecified atom stereocenters. The van der Waals surface area contributed by atoms with Crippen molar-refractivity contribution < 1.29 is 23.5 Å². The van der Waals surface area contributed by atoms with Crippen molar-refractivity contribution in [1.29, 1.82) is 0 Å². The molecule has 0 fully saturated rings. The predicted octanol–water partition coefficient (Wildman–Crippen LogP) is 2.36. The normalized spacial score (nSPS) is 13.1. The van der Waals surface area contributed by atoms with Crippen LogP contribution in [0.4, 0.5) is 14.2 Å². The summed E-state index contributed by atoms with van der Waals surface area (Å²) in [6.45, 7) is 0.650. The Hall–Kier alpha value is -2.94. The molecule has 2 heterocycles. The molecule has 7 nitrogen and oxygen atoms in total. The first kappa shape index (κ1) is 17.9. The summed E-state index contributed by atoms with van der Waals surface area (Å²) in [4.78, 5) is 38.2. The number of fused-ring (bicyclic) bond motifs is 1. The van der Waals surface area contributed by atoms with Crippen LogP contribution in [0.3, 0.4) is 0 Å². The Kier molecular flexibility index (Phi) is 4.90. The van der Waals surface area contributed by atoms with E-state index in [1.807, 2.05) is 0 Å². The Morgan fingerprint density at radius 3 is 2.77 bits per heavy atom. The topological polar surface area (TPSA) is 102 Å². The van der Waals surface area contributed by atoms with E-state index in [4.69, 9.17) is 10.5 Å². The van der Waals surface area contributed by atoms with Gasteiger partial charge in [-0.15, -0.1) is 11.3 Å². The third-order valence-electron chi connectivity index (χ3n) is 4.05. The van der Waals surface area contributed by atoms with E-state index in [9.17, 15) is 18.8 Å². The molecular formula is C17H16FN3O4S. The van der Waals surface area contributed by atoms with Crippen molar-refractivity contribution in [2.75, 3.05) is 19.0 Å². The van der Waals surface area contributed by atoms with Crippen LogP contribution in [0.5, 0.6) is 0 Å². The molecule has 3 amide bonds. The first-order chi connectivity index (χ1) is 12.4. The number of nitrogens with one attached hydrogen (secondary N) is 1. The third kappa shape index (κ3) is 3.38. The van der Waals surface area contributed by atoms with E-state index in [-0.39, 0.29) is 17.7 Å². The SMILES string of the molecule is COC(=O)N1CCc2c(sc(NC(=O)c3cccc(F)c3)c2C(N)=O)C1. The summed E-state index contributed by atoms with van der Waals surface area (Å²) in [5.41, 5.74) is 6.58. The number of thiophene rings is 1. The minimum Gasteiger partial charge on any atom is -0.453 e. The van der Waals surface area contributed by atoms with Crippen molar-refractivity contribution in [3.8, 4) is 0 Å². The van der Waals surface area contributed by atoms with Crippen molar-refractivity contribution >= 4 is 34.2 Å². The smallest absolute Gasteiger partial charge is 0.409 e. The summed E-state index contributed by atoms with van der Waals surface area (Å²) in [7, 11) is 1.30. The molecule has 136 valence electrons. The molecule has 9 heteroatoms. The molecule has 1 aliphatic rings. The average molecular weight is 377 g/mol. The fourth-order valence-electron chi connectivity index (χ4n) is 2.84. The highest BCUT2D eigenvalue weighted by Crippen LogP contribution is 2.37. The van der Waals surface area contributed by atoms with Crippen LogP contribution < -0.4 is 11.1 Å². The van der Waals surface area contributed by atoms with Crippen LogP contribution in [-0.4, -0.2) is 36.5 Å². The quantitative estimate of drug-likeness (QED) is 0.857. The first-order valence-electron chi connectivity index (χ1n) is 7.75. The van der Waals surface area contributed by atoms with Gasteiger partial charge < -0.3 is 20.7 Å². The maximum Gasteiger partial charge on any atom is 0.409 e. The monoisotopic (exact) mass is 377 g/mol. The second-order valence-corrected chi connectivity index (χ2v) is 6.78. The van der Waals surface area contributed by atoms with Crippen molar-refractivity contribution in [2.45, 2.75) is 13.0 Å². The van der Waals surface area contributed by atoms with Gasteiger partial charge in [0.15, 0.2) is 0 Å². The summed E-state index contributed by atoms with van der Waals surface area (Å²) in [6, 6.07) is 5.23. The predicted molar refractivity (Wildman–Crippen MR) is 93.7 cm³/mol. The highest BCUT2D eigenvalue weighted by atomic mass is 32.1. The van der Waals surface area contributed by atoms with Crippen molar-refractivity contribution in [3.05, 3.63) is 51.7 Å². The number of carbonyl (C=O) groups excluding carboxylic acids is 3. The fraction of sp³-hybridized carbons (Fsp3) is 0.235. The number of methoxy groups -OCH3 is 1. The number of rotatable bonds is 3. The van der Waals surface area contributed by atoms with E-state index in [1.165, 1.54) is 41.5 Å². The minimum atomic E-state index is -0.663. The van der Waals surface area contributed by atoms with Gasteiger partial charge in [0.2, 0.25) is 0 Å². The second kappa shape index (κ2) is 7.12. The van der Waals surface area contributed by atoms with E-state index in [1.54, 1.807) is 0 Å². The second-order valence-electron chi connectivity index (χ2n) is 5.68. The zero-order chi connectivity index (χ0) is 18.8. The highest BCUT2D eigenvalue weighted by molar-refractivity contribution is 7.17. The molecule has 0 spiro atoms. The summed E-state index contributed by atoms with van der Waals surface area (Å²) in [5, 5.41) is 2.92. The van der Waals surface area contributed by atoms with Crippen LogP contribution in [0.2, 0.25) is 0 Å². The zero-order valence-corrected chi connectivity index (χ0v) is 14.7. The molecule has 0 radical (unpaired) electrons. The molecule has 1 aliphatic heterocycles. The van der Waals surface area contributed by atoms with Crippen LogP contribution in [0.25, 0.3) is 0 Å². The lowest BCUT2D eigenvalue weighted by Gasteiger charge is -2.25. The molecule has 0 atom stereocenters. The number of halogens is 1. The van der Waals surface area contributed by atoms with Crippen LogP contribution in [0.1, 0.15) is 31.2 Å². The molecule has 3 N–H and O–H groups in total. The van der Waals surface area contributed by atoms with E-state index < -0.39 is 23.7 Å². The van der Waals surface area contributed by atoms with Gasteiger partial charge in [0.1, 0.15) is 10.8 Å². The lowest BCUT2D eigenvalue weighted by molar-refractivity contribution is 0.0999. The number of anilines is 1. The van der Waals surface area contributed by atoms with E-state index in [0.717, 1.165) is 16.5 Å². The molecule has 0 aliphatic carbocycles. The lowest BCUT2D eigenvalue weighted by atomic mass is 10.0. The summed E-state index contributed by atoms with van der Waals surface area (Å²) in [6.07, 6.45) is -0.0373. The number of nitrogens with zero attached hydrogens (tertiary/aromatic N) is 1. The van der Waals surface area contributed by atoms with Gasteiger partial charge in [0, 0.05) is 17.0 Å². The summed E-state index contributed by atoms with van der Waals surface area (Å²) < 4.78 is 18.0. The van der Waals surface area contributed by atoms with Gasteiger partial charge in [-0.25, -0.2) is 9.18 Å². The number of primary amides is 1. The molecule has 1 aromatic heterocycles. The Morgan fingerprint density at radius 1 is 1.35 bits per heavy atom. The maximum absolute atomic E-state index is 13.3. The van der Waals surface area contributed by atoms with E-state index in [0.29, 0.717) is 18.0 Å². The number of benzene rings is 1.